The lowest BCUT2D eigenvalue weighted by Gasteiger charge is -2.05. The van der Waals surface area contributed by atoms with Crippen molar-refractivity contribution in [2.24, 2.45) is 0 Å². The van der Waals surface area contributed by atoms with Gasteiger partial charge in [0.05, 0.1) is 0 Å². The molecule has 0 aromatic heterocycles. The summed E-state index contributed by atoms with van der Waals surface area (Å²) < 4.78 is 0. The number of aromatic hydroxyl groups is 1. The van der Waals surface area contributed by atoms with Crippen LogP contribution in [0.15, 0.2) is 47.4 Å². The Hall–Kier alpha value is -0.830. The van der Waals surface area contributed by atoms with Gasteiger partial charge in [0.2, 0.25) is 0 Å². The number of hydrogen-bond donors (Lipinski definition) is 1. The molecule has 0 spiro atoms. The number of halogens is 2. The Labute approximate surface area is 114 Å². The maximum absolute atomic E-state index is 9.34. The molecule has 0 bridgehead atoms. The fourth-order valence-electron chi connectivity index (χ4n) is 1.37. The number of benzene rings is 2. The van der Waals surface area contributed by atoms with E-state index in [-0.39, 0.29) is 5.75 Å². The van der Waals surface area contributed by atoms with Crippen LogP contribution in [0.3, 0.4) is 0 Å². The Balaban J connectivity index is 2.07. The molecule has 17 heavy (non-hydrogen) atoms. The average Bonchev–Trinajstić information content (AvgIpc) is 2.28. The van der Waals surface area contributed by atoms with E-state index in [1.54, 1.807) is 30.0 Å². The van der Waals surface area contributed by atoms with Gasteiger partial charge in [0, 0.05) is 20.7 Å². The summed E-state index contributed by atoms with van der Waals surface area (Å²) in [4.78, 5) is 1.01. The van der Waals surface area contributed by atoms with E-state index < -0.39 is 0 Å². The minimum atomic E-state index is 0.275. The quantitative estimate of drug-likeness (QED) is 0.801. The van der Waals surface area contributed by atoms with Crippen molar-refractivity contribution < 1.29 is 5.11 Å². The topological polar surface area (TPSA) is 20.2 Å². The second-order valence-electron chi connectivity index (χ2n) is 3.52. The van der Waals surface area contributed by atoms with Gasteiger partial charge in [-0.1, -0.05) is 35.3 Å². The first-order chi connectivity index (χ1) is 8.15. The van der Waals surface area contributed by atoms with Crippen molar-refractivity contribution in [3.63, 3.8) is 0 Å². The third-order valence-electron chi connectivity index (χ3n) is 2.23. The van der Waals surface area contributed by atoms with Crippen LogP contribution in [0.25, 0.3) is 0 Å². The van der Waals surface area contributed by atoms with E-state index in [2.05, 4.69) is 0 Å². The van der Waals surface area contributed by atoms with Crippen LogP contribution in [0, 0.1) is 0 Å². The summed E-state index contributed by atoms with van der Waals surface area (Å²) in [5, 5.41) is 10.7. The molecule has 2 rings (SSSR count). The normalized spacial score (nSPS) is 10.5. The molecule has 0 saturated heterocycles. The van der Waals surface area contributed by atoms with Crippen molar-refractivity contribution >= 4 is 35.0 Å². The molecule has 0 saturated carbocycles. The van der Waals surface area contributed by atoms with E-state index in [4.69, 9.17) is 23.2 Å². The molecular formula is C13H10Cl2OS. The molecule has 0 aliphatic carbocycles. The molecule has 0 heterocycles. The Bertz CT molecular complexity index is 529. The van der Waals surface area contributed by atoms with Crippen LogP contribution in [0.4, 0.5) is 0 Å². The number of phenols is 1. The van der Waals surface area contributed by atoms with Crippen molar-refractivity contribution in [3.8, 4) is 5.75 Å². The number of hydrogen-bond acceptors (Lipinski definition) is 2. The molecule has 0 fully saturated rings. The minimum absolute atomic E-state index is 0.275. The highest BCUT2D eigenvalue weighted by molar-refractivity contribution is 7.98. The highest BCUT2D eigenvalue weighted by atomic mass is 35.5. The van der Waals surface area contributed by atoms with Gasteiger partial charge < -0.3 is 5.11 Å². The fraction of sp³-hybridized carbons (Fsp3) is 0.0769. The van der Waals surface area contributed by atoms with Crippen molar-refractivity contribution in [2.45, 2.75) is 10.6 Å². The van der Waals surface area contributed by atoms with Crippen LogP contribution in [-0.2, 0) is 5.75 Å². The van der Waals surface area contributed by atoms with Crippen LogP contribution in [0.2, 0.25) is 10.0 Å². The highest BCUT2D eigenvalue weighted by Gasteiger charge is 2.02. The van der Waals surface area contributed by atoms with Gasteiger partial charge in [0.1, 0.15) is 5.75 Å². The van der Waals surface area contributed by atoms with Crippen molar-refractivity contribution in [1.82, 2.24) is 0 Å². The number of thioether (sulfide) groups is 1. The molecule has 0 unspecified atom stereocenters. The third kappa shape index (κ3) is 3.56. The van der Waals surface area contributed by atoms with Crippen molar-refractivity contribution in [1.29, 1.82) is 0 Å². The van der Waals surface area contributed by atoms with Gasteiger partial charge in [-0.05, 0) is 35.9 Å². The predicted octanol–water partition coefficient (Wildman–Crippen LogP) is 4.99. The van der Waals surface area contributed by atoms with E-state index in [0.717, 1.165) is 16.2 Å². The monoisotopic (exact) mass is 284 g/mol. The summed E-state index contributed by atoms with van der Waals surface area (Å²) >= 11 is 13.5. The van der Waals surface area contributed by atoms with Gasteiger partial charge in [-0.2, -0.15) is 0 Å². The zero-order valence-corrected chi connectivity index (χ0v) is 11.2. The molecule has 88 valence electrons. The van der Waals surface area contributed by atoms with Gasteiger partial charge in [-0.25, -0.2) is 0 Å². The lowest BCUT2D eigenvalue weighted by Crippen LogP contribution is -1.82. The summed E-state index contributed by atoms with van der Waals surface area (Å²) in [6.45, 7) is 0. The molecule has 1 N–H and O–H groups in total. The van der Waals surface area contributed by atoms with E-state index in [1.807, 2.05) is 24.3 Å². The summed E-state index contributed by atoms with van der Waals surface area (Å²) in [6.07, 6.45) is 0. The van der Waals surface area contributed by atoms with Gasteiger partial charge >= 0.3 is 0 Å². The van der Waals surface area contributed by atoms with E-state index in [9.17, 15) is 5.11 Å². The standard InChI is InChI=1S/C13H10Cl2OS/c14-10-5-4-9(13(15)6-10)8-17-12-3-1-2-11(16)7-12/h1-7,16H,8H2. The molecule has 0 aliphatic rings. The molecule has 0 atom stereocenters. The fourth-order valence-corrected chi connectivity index (χ4v) is 2.88. The van der Waals surface area contributed by atoms with Gasteiger partial charge in [-0.15, -0.1) is 11.8 Å². The van der Waals surface area contributed by atoms with Crippen LogP contribution in [0.5, 0.6) is 5.75 Å². The minimum Gasteiger partial charge on any atom is -0.508 e. The van der Waals surface area contributed by atoms with E-state index >= 15 is 0 Å². The maximum atomic E-state index is 9.34. The van der Waals surface area contributed by atoms with Crippen molar-refractivity contribution in [3.05, 3.63) is 58.1 Å². The molecule has 1 nitrogen and oxygen atoms in total. The Morgan fingerprint density at radius 2 is 1.88 bits per heavy atom. The van der Waals surface area contributed by atoms with Crippen LogP contribution < -0.4 is 0 Å². The highest BCUT2D eigenvalue weighted by Crippen LogP contribution is 2.29. The Morgan fingerprint density at radius 1 is 1.06 bits per heavy atom. The predicted molar refractivity (Wildman–Crippen MR) is 74.1 cm³/mol. The zero-order valence-electron chi connectivity index (χ0n) is 8.86. The largest absolute Gasteiger partial charge is 0.508 e. The first kappa shape index (κ1) is 12.6. The van der Waals surface area contributed by atoms with Gasteiger partial charge in [0.15, 0.2) is 0 Å². The Morgan fingerprint density at radius 3 is 2.59 bits per heavy atom. The summed E-state index contributed by atoms with van der Waals surface area (Å²) in [6, 6.07) is 12.6. The maximum Gasteiger partial charge on any atom is 0.116 e. The number of rotatable bonds is 3. The molecule has 4 heteroatoms. The van der Waals surface area contributed by atoms with Crippen LogP contribution in [-0.4, -0.2) is 5.11 Å². The molecular weight excluding hydrogens is 275 g/mol. The first-order valence-electron chi connectivity index (χ1n) is 5.01. The van der Waals surface area contributed by atoms with Crippen LogP contribution in [0.1, 0.15) is 5.56 Å². The second-order valence-corrected chi connectivity index (χ2v) is 5.41. The lowest BCUT2D eigenvalue weighted by atomic mass is 10.2. The molecule has 0 amide bonds. The summed E-state index contributed by atoms with van der Waals surface area (Å²) in [5.74, 6) is 1.02. The SMILES string of the molecule is Oc1cccc(SCc2ccc(Cl)cc2Cl)c1. The molecule has 0 radical (unpaired) electrons. The molecule has 2 aromatic rings. The second kappa shape index (κ2) is 5.67. The first-order valence-corrected chi connectivity index (χ1v) is 6.75. The summed E-state index contributed by atoms with van der Waals surface area (Å²) in [5.41, 5.74) is 1.03. The van der Waals surface area contributed by atoms with E-state index in [1.165, 1.54) is 0 Å². The average molecular weight is 285 g/mol. The lowest BCUT2D eigenvalue weighted by molar-refractivity contribution is 0.474. The van der Waals surface area contributed by atoms with E-state index in [0.29, 0.717) is 10.0 Å². The summed E-state index contributed by atoms with van der Waals surface area (Å²) in [7, 11) is 0. The smallest absolute Gasteiger partial charge is 0.116 e. The molecule has 2 aromatic carbocycles. The Kier molecular flexibility index (Phi) is 4.21. The molecule has 0 aliphatic heterocycles. The third-order valence-corrected chi connectivity index (χ3v) is 3.86. The van der Waals surface area contributed by atoms with Gasteiger partial charge in [-0.3, -0.25) is 0 Å². The van der Waals surface area contributed by atoms with Crippen LogP contribution >= 0.6 is 35.0 Å². The van der Waals surface area contributed by atoms with Crippen molar-refractivity contribution in [2.75, 3.05) is 0 Å². The number of phenolic OH excluding ortho intramolecular Hbond substituents is 1. The zero-order chi connectivity index (χ0) is 12.3. The van der Waals surface area contributed by atoms with Gasteiger partial charge in [0.25, 0.3) is 0 Å².